The first-order valence-electron chi connectivity index (χ1n) is 4.28. The van der Waals surface area contributed by atoms with Crippen LogP contribution in [0.5, 0.6) is 0 Å². The highest BCUT2D eigenvalue weighted by molar-refractivity contribution is 5.89. The second kappa shape index (κ2) is 3.57. The fraction of sp³-hybridized carbons (Fsp3) is 0.500. The second-order valence-corrected chi connectivity index (χ2v) is 3.12. The number of carbonyl (C=O) groups excluding carboxylic acids is 1. The summed E-state index contributed by atoms with van der Waals surface area (Å²) in [5, 5.41) is 0. The smallest absolute Gasteiger partial charge is 0.310 e. The van der Waals surface area contributed by atoms with Gasteiger partial charge in [-0.2, -0.15) is 0 Å². The standard InChI is InChI=1S/C8H11N3O2/c12-8(7-9-3-4-10-7)11-13-5-6-1-2-6/h3-4,6H,1-2,5H2,(H,9,10)(H,11,12). The Balaban J connectivity index is 1.71. The molecule has 1 amide bonds. The van der Waals surface area contributed by atoms with Crippen LogP contribution in [0, 0.1) is 5.92 Å². The summed E-state index contributed by atoms with van der Waals surface area (Å²) >= 11 is 0. The molecule has 1 fully saturated rings. The van der Waals surface area contributed by atoms with Crippen molar-refractivity contribution >= 4 is 5.91 Å². The van der Waals surface area contributed by atoms with E-state index >= 15 is 0 Å². The Hall–Kier alpha value is -1.36. The summed E-state index contributed by atoms with van der Waals surface area (Å²) in [6.07, 6.45) is 5.53. The Labute approximate surface area is 75.5 Å². The molecule has 5 heteroatoms. The van der Waals surface area contributed by atoms with Gasteiger partial charge in [0.05, 0.1) is 6.61 Å². The lowest BCUT2D eigenvalue weighted by Crippen LogP contribution is -2.25. The molecule has 0 atom stereocenters. The van der Waals surface area contributed by atoms with Gasteiger partial charge in [-0.05, 0) is 18.8 Å². The minimum Gasteiger partial charge on any atom is -0.340 e. The van der Waals surface area contributed by atoms with Gasteiger partial charge >= 0.3 is 5.91 Å². The average Bonchev–Trinajstić information content (AvgIpc) is 2.80. The van der Waals surface area contributed by atoms with Crippen molar-refractivity contribution in [3.63, 3.8) is 0 Å². The van der Waals surface area contributed by atoms with Gasteiger partial charge < -0.3 is 4.98 Å². The fourth-order valence-corrected chi connectivity index (χ4v) is 0.947. The number of amides is 1. The number of hydrogen-bond donors (Lipinski definition) is 2. The number of H-pyrrole nitrogens is 1. The summed E-state index contributed by atoms with van der Waals surface area (Å²) in [5.41, 5.74) is 2.32. The van der Waals surface area contributed by atoms with E-state index in [1.54, 1.807) is 6.20 Å². The largest absolute Gasteiger partial charge is 0.340 e. The number of rotatable bonds is 4. The van der Waals surface area contributed by atoms with Gasteiger partial charge in [0.1, 0.15) is 0 Å². The van der Waals surface area contributed by atoms with Crippen molar-refractivity contribution in [3.05, 3.63) is 18.2 Å². The first-order valence-corrected chi connectivity index (χ1v) is 4.28. The summed E-state index contributed by atoms with van der Waals surface area (Å²) in [6.45, 7) is 0.604. The predicted molar refractivity (Wildman–Crippen MR) is 44.7 cm³/mol. The maximum Gasteiger partial charge on any atom is 0.310 e. The third kappa shape index (κ3) is 2.29. The maximum absolute atomic E-state index is 11.2. The lowest BCUT2D eigenvalue weighted by molar-refractivity contribution is 0.0262. The highest BCUT2D eigenvalue weighted by Gasteiger charge is 2.22. The van der Waals surface area contributed by atoms with Crippen molar-refractivity contribution in [2.45, 2.75) is 12.8 Å². The zero-order chi connectivity index (χ0) is 9.10. The normalized spacial score (nSPS) is 15.7. The summed E-state index contributed by atoms with van der Waals surface area (Å²) in [7, 11) is 0. The molecule has 0 aromatic carbocycles. The fourth-order valence-electron chi connectivity index (χ4n) is 0.947. The number of aromatic nitrogens is 2. The van der Waals surface area contributed by atoms with Crippen molar-refractivity contribution in [2.75, 3.05) is 6.61 Å². The highest BCUT2D eigenvalue weighted by Crippen LogP contribution is 2.28. The molecule has 1 aliphatic carbocycles. The van der Waals surface area contributed by atoms with E-state index < -0.39 is 0 Å². The topological polar surface area (TPSA) is 67.0 Å². The highest BCUT2D eigenvalue weighted by atomic mass is 16.7. The maximum atomic E-state index is 11.2. The molecule has 0 saturated heterocycles. The lowest BCUT2D eigenvalue weighted by atomic mass is 10.5. The van der Waals surface area contributed by atoms with Crippen LogP contribution in [0.3, 0.4) is 0 Å². The minimum absolute atomic E-state index is 0.274. The molecule has 2 rings (SSSR count). The Kier molecular flexibility index (Phi) is 2.27. The van der Waals surface area contributed by atoms with Crippen LogP contribution < -0.4 is 5.48 Å². The van der Waals surface area contributed by atoms with Gasteiger partial charge in [0.2, 0.25) is 0 Å². The molecular weight excluding hydrogens is 170 g/mol. The average molecular weight is 181 g/mol. The Morgan fingerprint density at radius 2 is 2.62 bits per heavy atom. The molecule has 1 aromatic heterocycles. The zero-order valence-electron chi connectivity index (χ0n) is 7.12. The van der Waals surface area contributed by atoms with E-state index in [0.717, 1.165) is 0 Å². The Morgan fingerprint density at radius 1 is 1.77 bits per heavy atom. The number of imidazole rings is 1. The first kappa shape index (κ1) is 8.25. The summed E-state index contributed by atoms with van der Waals surface area (Å²) in [4.78, 5) is 22.6. The Morgan fingerprint density at radius 3 is 3.23 bits per heavy atom. The van der Waals surface area contributed by atoms with E-state index in [0.29, 0.717) is 12.5 Å². The molecule has 1 saturated carbocycles. The van der Waals surface area contributed by atoms with Gasteiger partial charge in [0.15, 0.2) is 5.82 Å². The number of nitrogens with zero attached hydrogens (tertiary/aromatic N) is 1. The SMILES string of the molecule is O=C(NOCC1CC1)c1ncc[nH]1. The van der Waals surface area contributed by atoms with Crippen LogP contribution in [-0.2, 0) is 4.84 Å². The molecule has 1 aromatic rings. The monoisotopic (exact) mass is 181 g/mol. The molecule has 0 spiro atoms. The molecule has 1 aliphatic rings. The number of hydroxylamine groups is 1. The summed E-state index contributed by atoms with van der Waals surface area (Å²) in [6, 6.07) is 0. The van der Waals surface area contributed by atoms with E-state index in [9.17, 15) is 4.79 Å². The van der Waals surface area contributed by atoms with Gasteiger partial charge in [-0.25, -0.2) is 10.5 Å². The van der Waals surface area contributed by atoms with Crippen LogP contribution in [0.15, 0.2) is 12.4 Å². The molecule has 2 N–H and O–H groups in total. The predicted octanol–water partition coefficient (Wildman–Crippen LogP) is 0.481. The van der Waals surface area contributed by atoms with Gasteiger partial charge in [-0.3, -0.25) is 9.63 Å². The summed E-state index contributed by atoms with van der Waals surface area (Å²) < 4.78 is 0. The van der Waals surface area contributed by atoms with Crippen LogP contribution in [0.25, 0.3) is 0 Å². The van der Waals surface area contributed by atoms with Crippen molar-refractivity contribution in [2.24, 2.45) is 5.92 Å². The number of carbonyl (C=O) groups is 1. The molecule has 70 valence electrons. The molecule has 0 unspecified atom stereocenters. The molecular formula is C8H11N3O2. The van der Waals surface area contributed by atoms with Crippen LogP contribution in [-0.4, -0.2) is 22.5 Å². The van der Waals surface area contributed by atoms with Crippen molar-refractivity contribution in [3.8, 4) is 0 Å². The number of hydrogen-bond acceptors (Lipinski definition) is 3. The second-order valence-electron chi connectivity index (χ2n) is 3.12. The van der Waals surface area contributed by atoms with Crippen molar-refractivity contribution < 1.29 is 9.63 Å². The van der Waals surface area contributed by atoms with Crippen LogP contribution in [0.4, 0.5) is 0 Å². The minimum atomic E-state index is -0.328. The van der Waals surface area contributed by atoms with Gasteiger partial charge in [-0.1, -0.05) is 0 Å². The van der Waals surface area contributed by atoms with E-state index in [1.807, 2.05) is 0 Å². The number of nitrogens with one attached hydrogen (secondary N) is 2. The Bertz CT molecular complexity index is 280. The molecule has 0 radical (unpaired) electrons. The van der Waals surface area contributed by atoms with Gasteiger partial charge in [-0.15, -0.1) is 0 Å². The van der Waals surface area contributed by atoms with Gasteiger partial charge in [0.25, 0.3) is 0 Å². The first-order chi connectivity index (χ1) is 6.36. The molecule has 13 heavy (non-hydrogen) atoms. The quantitative estimate of drug-likeness (QED) is 0.664. The third-order valence-corrected chi connectivity index (χ3v) is 1.89. The summed E-state index contributed by atoms with van der Waals surface area (Å²) in [5.74, 6) is 0.582. The van der Waals surface area contributed by atoms with Crippen LogP contribution >= 0.6 is 0 Å². The lowest BCUT2D eigenvalue weighted by Gasteiger charge is -2.01. The number of aromatic amines is 1. The van der Waals surface area contributed by atoms with Crippen molar-refractivity contribution in [1.82, 2.24) is 15.4 Å². The van der Waals surface area contributed by atoms with E-state index in [1.165, 1.54) is 19.0 Å². The van der Waals surface area contributed by atoms with Crippen LogP contribution in [0.1, 0.15) is 23.5 Å². The van der Waals surface area contributed by atoms with Gasteiger partial charge in [0, 0.05) is 12.4 Å². The van der Waals surface area contributed by atoms with E-state index in [4.69, 9.17) is 4.84 Å². The molecule has 1 heterocycles. The molecule has 0 aliphatic heterocycles. The third-order valence-electron chi connectivity index (χ3n) is 1.89. The van der Waals surface area contributed by atoms with Crippen LogP contribution in [0.2, 0.25) is 0 Å². The zero-order valence-corrected chi connectivity index (χ0v) is 7.12. The van der Waals surface area contributed by atoms with Crippen molar-refractivity contribution in [1.29, 1.82) is 0 Å². The molecule has 0 bridgehead atoms. The van der Waals surface area contributed by atoms with E-state index in [2.05, 4.69) is 15.4 Å². The van der Waals surface area contributed by atoms with E-state index in [-0.39, 0.29) is 11.7 Å². The molecule has 5 nitrogen and oxygen atoms in total.